The third-order valence-electron chi connectivity index (χ3n) is 1.38. The summed E-state index contributed by atoms with van der Waals surface area (Å²) in [5.74, 6) is 0. The second kappa shape index (κ2) is 4.30. The quantitative estimate of drug-likeness (QED) is 0.391. The first-order chi connectivity index (χ1) is 4.20. The standard InChI is InChI=1S/C8H16N/c1-5-8(3)7-9(4)6-2/h5,7H,6H2,1-4H3/q+1. The highest BCUT2D eigenvalue weighted by Crippen LogP contribution is 1.84. The van der Waals surface area contributed by atoms with Gasteiger partial charge in [0.2, 0.25) is 0 Å². The lowest BCUT2D eigenvalue weighted by molar-refractivity contribution is -0.488. The van der Waals surface area contributed by atoms with E-state index >= 15 is 0 Å². The second-order valence-corrected chi connectivity index (χ2v) is 2.24. The van der Waals surface area contributed by atoms with E-state index in [0.717, 1.165) is 6.54 Å². The molecule has 1 nitrogen and oxygen atoms in total. The lowest BCUT2D eigenvalue weighted by atomic mass is 10.3. The van der Waals surface area contributed by atoms with Crippen LogP contribution in [-0.4, -0.2) is 24.4 Å². The Bertz CT molecular complexity index is 132. The lowest BCUT2D eigenvalue weighted by Gasteiger charge is -1.89. The molecule has 0 aliphatic carbocycles. The molecular formula is C8H16N+. The first kappa shape index (κ1) is 8.41. The van der Waals surface area contributed by atoms with Gasteiger partial charge in [0, 0.05) is 5.57 Å². The summed E-state index contributed by atoms with van der Waals surface area (Å²) in [5.41, 5.74) is 1.32. The molecule has 0 N–H and O–H groups in total. The summed E-state index contributed by atoms with van der Waals surface area (Å²) < 4.78 is 2.16. The fraction of sp³-hybridized carbons (Fsp3) is 0.625. The molecule has 0 saturated carbocycles. The Morgan fingerprint density at radius 1 is 1.56 bits per heavy atom. The van der Waals surface area contributed by atoms with Crippen LogP contribution in [0.5, 0.6) is 0 Å². The summed E-state index contributed by atoms with van der Waals surface area (Å²) in [5, 5.41) is 0. The third kappa shape index (κ3) is 3.95. The van der Waals surface area contributed by atoms with E-state index in [1.54, 1.807) is 0 Å². The van der Waals surface area contributed by atoms with Crippen molar-refractivity contribution in [2.75, 3.05) is 13.6 Å². The highest BCUT2D eigenvalue weighted by Gasteiger charge is 1.88. The molecule has 0 aromatic heterocycles. The molecule has 0 aliphatic heterocycles. The van der Waals surface area contributed by atoms with Crippen LogP contribution in [0.4, 0.5) is 0 Å². The van der Waals surface area contributed by atoms with Gasteiger partial charge in [-0.2, -0.15) is 0 Å². The Labute approximate surface area is 57.7 Å². The van der Waals surface area contributed by atoms with Crippen LogP contribution in [0.3, 0.4) is 0 Å². The van der Waals surface area contributed by atoms with Gasteiger partial charge in [-0.05, 0) is 20.8 Å². The topological polar surface area (TPSA) is 3.01 Å². The van der Waals surface area contributed by atoms with Gasteiger partial charge in [-0.3, -0.25) is 0 Å². The molecule has 9 heavy (non-hydrogen) atoms. The summed E-state index contributed by atoms with van der Waals surface area (Å²) >= 11 is 0. The van der Waals surface area contributed by atoms with Gasteiger partial charge in [-0.1, -0.05) is 6.08 Å². The van der Waals surface area contributed by atoms with Crippen LogP contribution in [0.25, 0.3) is 0 Å². The maximum atomic E-state index is 2.16. The largest absolute Gasteiger partial charge is 0.239 e. The normalized spacial score (nSPS) is 14.2. The Kier molecular flexibility index (Phi) is 4.02. The van der Waals surface area contributed by atoms with Crippen molar-refractivity contribution >= 4 is 6.21 Å². The Balaban J connectivity index is 3.95. The summed E-state index contributed by atoms with van der Waals surface area (Å²) in [6.45, 7) is 7.37. The summed E-state index contributed by atoms with van der Waals surface area (Å²) in [6, 6.07) is 0. The second-order valence-electron chi connectivity index (χ2n) is 2.24. The minimum Gasteiger partial charge on any atom is -0.239 e. The molecule has 0 saturated heterocycles. The van der Waals surface area contributed by atoms with Crippen molar-refractivity contribution in [1.29, 1.82) is 0 Å². The van der Waals surface area contributed by atoms with Gasteiger partial charge < -0.3 is 0 Å². The highest BCUT2D eigenvalue weighted by atomic mass is 14.9. The molecule has 0 aliphatic rings. The monoisotopic (exact) mass is 126 g/mol. The maximum Gasteiger partial charge on any atom is 0.165 e. The molecule has 0 radical (unpaired) electrons. The van der Waals surface area contributed by atoms with Crippen LogP contribution in [0.2, 0.25) is 0 Å². The molecule has 0 aromatic carbocycles. The zero-order chi connectivity index (χ0) is 7.28. The first-order valence-corrected chi connectivity index (χ1v) is 3.38. The zero-order valence-electron chi connectivity index (χ0n) is 6.81. The Hall–Kier alpha value is -0.590. The molecule has 52 valence electrons. The van der Waals surface area contributed by atoms with E-state index in [1.165, 1.54) is 5.57 Å². The van der Waals surface area contributed by atoms with Crippen molar-refractivity contribution < 1.29 is 4.58 Å². The molecule has 0 heterocycles. The minimum atomic E-state index is 1.07. The van der Waals surface area contributed by atoms with Gasteiger partial charge in [0.05, 0.1) is 0 Å². The molecule has 0 atom stereocenters. The van der Waals surface area contributed by atoms with E-state index in [-0.39, 0.29) is 0 Å². The molecule has 0 aromatic rings. The van der Waals surface area contributed by atoms with Crippen LogP contribution < -0.4 is 0 Å². The molecule has 0 rings (SSSR count). The summed E-state index contributed by atoms with van der Waals surface area (Å²) in [7, 11) is 2.08. The van der Waals surface area contributed by atoms with Gasteiger partial charge in [0.15, 0.2) is 6.21 Å². The van der Waals surface area contributed by atoms with E-state index < -0.39 is 0 Å². The van der Waals surface area contributed by atoms with Crippen LogP contribution >= 0.6 is 0 Å². The highest BCUT2D eigenvalue weighted by molar-refractivity contribution is 5.72. The average Bonchev–Trinajstić information content (AvgIpc) is 1.87. The van der Waals surface area contributed by atoms with Gasteiger partial charge in [-0.15, -0.1) is 0 Å². The van der Waals surface area contributed by atoms with Crippen molar-refractivity contribution in [3.63, 3.8) is 0 Å². The Morgan fingerprint density at radius 2 is 2.11 bits per heavy atom. The molecule has 0 spiro atoms. The number of rotatable bonds is 2. The molecule has 0 unspecified atom stereocenters. The van der Waals surface area contributed by atoms with Gasteiger partial charge in [0.25, 0.3) is 0 Å². The fourth-order valence-electron chi connectivity index (χ4n) is 0.513. The first-order valence-electron chi connectivity index (χ1n) is 3.38. The van der Waals surface area contributed by atoms with Gasteiger partial charge in [-0.25, -0.2) is 4.58 Å². The smallest absolute Gasteiger partial charge is 0.165 e. The third-order valence-corrected chi connectivity index (χ3v) is 1.38. The minimum absolute atomic E-state index is 1.07. The number of nitrogens with zero attached hydrogens (tertiary/aromatic N) is 1. The van der Waals surface area contributed by atoms with Crippen molar-refractivity contribution in [3.8, 4) is 0 Å². The summed E-state index contributed by atoms with van der Waals surface area (Å²) in [6.07, 6.45) is 4.24. The van der Waals surface area contributed by atoms with Crippen LogP contribution in [0.15, 0.2) is 11.6 Å². The van der Waals surface area contributed by atoms with Crippen molar-refractivity contribution in [2.24, 2.45) is 0 Å². The number of hydrogen-bond acceptors (Lipinski definition) is 0. The van der Waals surface area contributed by atoms with E-state index in [9.17, 15) is 0 Å². The van der Waals surface area contributed by atoms with Gasteiger partial charge >= 0.3 is 0 Å². The van der Waals surface area contributed by atoms with E-state index in [0.29, 0.717) is 0 Å². The molecule has 0 amide bonds. The summed E-state index contributed by atoms with van der Waals surface area (Å²) in [4.78, 5) is 0. The predicted molar refractivity (Wildman–Crippen MR) is 42.2 cm³/mol. The Morgan fingerprint density at radius 3 is 2.44 bits per heavy atom. The van der Waals surface area contributed by atoms with Crippen molar-refractivity contribution in [1.82, 2.24) is 0 Å². The average molecular weight is 126 g/mol. The SMILES string of the molecule is CC=C(C)C=[N+](C)CC. The fourth-order valence-corrected chi connectivity index (χ4v) is 0.513. The molecule has 1 heteroatoms. The van der Waals surface area contributed by atoms with Crippen molar-refractivity contribution in [3.05, 3.63) is 11.6 Å². The van der Waals surface area contributed by atoms with Crippen molar-refractivity contribution in [2.45, 2.75) is 20.8 Å². The lowest BCUT2D eigenvalue weighted by Crippen LogP contribution is -2.05. The molecular weight excluding hydrogens is 110 g/mol. The zero-order valence-corrected chi connectivity index (χ0v) is 6.81. The number of allylic oxidation sites excluding steroid dienone is 2. The van der Waals surface area contributed by atoms with E-state index in [2.05, 4.69) is 44.7 Å². The molecule has 0 fully saturated rings. The van der Waals surface area contributed by atoms with Gasteiger partial charge in [0.1, 0.15) is 13.6 Å². The van der Waals surface area contributed by atoms with Crippen LogP contribution in [0.1, 0.15) is 20.8 Å². The van der Waals surface area contributed by atoms with Crippen LogP contribution in [0, 0.1) is 0 Å². The van der Waals surface area contributed by atoms with E-state index in [1.807, 2.05) is 0 Å². The number of hydrogen-bond donors (Lipinski definition) is 0. The predicted octanol–water partition coefficient (Wildman–Crippen LogP) is 1.69. The maximum absolute atomic E-state index is 2.16. The molecule has 0 bridgehead atoms. The van der Waals surface area contributed by atoms with E-state index in [4.69, 9.17) is 0 Å². The van der Waals surface area contributed by atoms with Crippen LogP contribution in [-0.2, 0) is 0 Å².